The third-order valence-electron chi connectivity index (χ3n) is 1.88. The van der Waals surface area contributed by atoms with Crippen LogP contribution in [0, 0.1) is 0 Å². The molecule has 0 bridgehead atoms. The zero-order valence-corrected chi connectivity index (χ0v) is 8.36. The Morgan fingerprint density at radius 2 is 2.36 bits per heavy atom. The van der Waals surface area contributed by atoms with E-state index in [0.717, 1.165) is 5.69 Å². The van der Waals surface area contributed by atoms with Crippen molar-refractivity contribution in [3.05, 3.63) is 24.0 Å². The second-order valence-corrected chi connectivity index (χ2v) is 2.77. The van der Waals surface area contributed by atoms with Crippen LogP contribution in [0.2, 0.25) is 0 Å². The zero-order valence-electron chi connectivity index (χ0n) is 8.36. The Kier molecular flexibility index (Phi) is 4.31. The van der Waals surface area contributed by atoms with Crippen LogP contribution in [-0.4, -0.2) is 25.8 Å². The Bertz CT molecular complexity index is 281. The molecule has 0 saturated heterocycles. The predicted molar refractivity (Wildman–Crippen MR) is 52.7 cm³/mol. The lowest BCUT2D eigenvalue weighted by molar-refractivity contribution is 0.164. The molecule has 3 N–H and O–H groups in total. The van der Waals surface area contributed by atoms with Crippen LogP contribution in [0.4, 0.5) is 0 Å². The van der Waals surface area contributed by atoms with Gasteiger partial charge in [-0.1, -0.05) is 0 Å². The highest BCUT2D eigenvalue weighted by Crippen LogP contribution is 2.21. The van der Waals surface area contributed by atoms with Gasteiger partial charge in [-0.3, -0.25) is 10.8 Å². The first-order valence-corrected chi connectivity index (χ1v) is 4.27. The van der Waals surface area contributed by atoms with Gasteiger partial charge in [-0.2, -0.15) is 0 Å². The van der Waals surface area contributed by atoms with Crippen molar-refractivity contribution < 1.29 is 9.47 Å². The van der Waals surface area contributed by atoms with Crippen LogP contribution in [0.1, 0.15) is 11.7 Å². The maximum atomic E-state index is 5.39. The SMILES string of the molecule is COCC(NN)c1ncccc1OC. The number of nitrogens with one attached hydrogen (secondary N) is 1. The van der Waals surface area contributed by atoms with Crippen molar-refractivity contribution in [2.24, 2.45) is 5.84 Å². The first kappa shape index (κ1) is 10.9. The van der Waals surface area contributed by atoms with Crippen LogP contribution in [0.25, 0.3) is 0 Å². The Morgan fingerprint density at radius 3 is 2.93 bits per heavy atom. The minimum atomic E-state index is -0.156. The third kappa shape index (κ3) is 2.41. The smallest absolute Gasteiger partial charge is 0.142 e. The molecule has 0 aliphatic carbocycles. The summed E-state index contributed by atoms with van der Waals surface area (Å²) >= 11 is 0. The molecule has 0 amide bonds. The number of hydrogen-bond donors (Lipinski definition) is 2. The monoisotopic (exact) mass is 197 g/mol. The highest BCUT2D eigenvalue weighted by molar-refractivity contribution is 5.29. The highest BCUT2D eigenvalue weighted by Gasteiger charge is 2.15. The fraction of sp³-hybridized carbons (Fsp3) is 0.444. The van der Waals surface area contributed by atoms with Gasteiger partial charge in [-0.05, 0) is 12.1 Å². The van der Waals surface area contributed by atoms with Gasteiger partial charge in [0.2, 0.25) is 0 Å². The van der Waals surface area contributed by atoms with E-state index in [-0.39, 0.29) is 6.04 Å². The van der Waals surface area contributed by atoms with Gasteiger partial charge in [0.05, 0.1) is 19.8 Å². The standard InChI is InChI=1S/C9H15N3O2/c1-13-6-7(12-10)9-8(14-2)4-3-5-11-9/h3-5,7,12H,6,10H2,1-2H3. The average Bonchev–Trinajstić information content (AvgIpc) is 2.26. The van der Waals surface area contributed by atoms with Gasteiger partial charge in [0, 0.05) is 13.3 Å². The van der Waals surface area contributed by atoms with Gasteiger partial charge in [0.15, 0.2) is 0 Å². The lowest BCUT2D eigenvalue weighted by Gasteiger charge is -2.16. The van der Waals surface area contributed by atoms with Crippen molar-refractivity contribution in [1.82, 2.24) is 10.4 Å². The van der Waals surface area contributed by atoms with E-state index in [1.807, 2.05) is 12.1 Å². The molecule has 1 heterocycles. The zero-order chi connectivity index (χ0) is 10.4. The number of rotatable bonds is 5. The van der Waals surface area contributed by atoms with Crippen molar-refractivity contribution in [2.75, 3.05) is 20.8 Å². The van der Waals surface area contributed by atoms with Crippen molar-refractivity contribution in [2.45, 2.75) is 6.04 Å². The van der Waals surface area contributed by atoms with Gasteiger partial charge < -0.3 is 9.47 Å². The molecular formula is C9H15N3O2. The molecule has 78 valence electrons. The van der Waals surface area contributed by atoms with Crippen LogP contribution in [0.3, 0.4) is 0 Å². The van der Waals surface area contributed by atoms with E-state index in [9.17, 15) is 0 Å². The van der Waals surface area contributed by atoms with Crippen LogP contribution in [0.15, 0.2) is 18.3 Å². The molecule has 0 aliphatic rings. The molecule has 1 aromatic rings. The van der Waals surface area contributed by atoms with Crippen molar-refractivity contribution in [1.29, 1.82) is 0 Å². The van der Waals surface area contributed by atoms with Gasteiger partial charge in [0.25, 0.3) is 0 Å². The lowest BCUT2D eigenvalue weighted by Crippen LogP contribution is -2.32. The van der Waals surface area contributed by atoms with Gasteiger partial charge in [-0.15, -0.1) is 0 Å². The molecular weight excluding hydrogens is 182 g/mol. The predicted octanol–water partition coefficient (Wildman–Crippen LogP) is 0.241. The van der Waals surface area contributed by atoms with E-state index in [0.29, 0.717) is 12.4 Å². The highest BCUT2D eigenvalue weighted by atomic mass is 16.5. The van der Waals surface area contributed by atoms with Gasteiger partial charge >= 0.3 is 0 Å². The molecule has 0 spiro atoms. The molecule has 0 radical (unpaired) electrons. The van der Waals surface area contributed by atoms with E-state index < -0.39 is 0 Å². The van der Waals surface area contributed by atoms with Gasteiger partial charge in [0.1, 0.15) is 11.4 Å². The second kappa shape index (κ2) is 5.54. The van der Waals surface area contributed by atoms with Crippen molar-refractivity contribution in [3.63, 3.8) is 0 Å². The van der Waals surface area contributed by atoms with E-state index in [2.05, 4.69) is 10.4 Å². The molecule has 0 saturated carbocycles. The average molecular weight is 197 g/mol. The number of hydrogen-bond acceptors (Lipinski definition) is 5. The largest absolute Gasteiger partial charge is 0.495 e. The summed E-state index contributed by atoms with van der Waals surface area (Å²) < 4.78 is 10.2. The quantitative estimate of drug-likeness (QED) is 0.522. The first-order valence-electron chi connectivity index (χ1n) is 4.27. The summed E-state index contributed by atoms with van der Waals surface area (Å²) in [6.07, 6.45) is 1.69. The first-order chi connectivity index (χ1) is 6.83. The van der Waals surface area contributed by atoms with Crippen LogP contribution in [-0.2, 0) is 4.74 Å². The number of ether oxygens (including phenoxy) is 2. The lowest BCUT2D eigenvalue weighted by atomic mass is 10.2. The van der Waals surface area contributed by atoms with Gasteiger partial charge in [-0.25, -0.2) is 5.43 Å². The number of nitrogens with zero attached hydrogens (tertiary/aromatic N) is 1. The molecule has 1 rings (SSSR count). The van der Waals surface area contributed by atoms with E-state index >= 15 is 0 Å². The van der Waals surface area contributed by atoms with Crippen LogP contribution in [0.5, 0.6) is 5.75 Å². The number of nitrogens with two attached hydrogens (primary N) is 1. The molecule has 1 atom stereocenters. The molecule has 5 heteroatoms. The molecule has 0 fully saturated rings. The normalized spacial score (nSPS) is 12.5. The molecule has 1 aromatic heterocycles. The fourth-order valence-corrected chi connectivity index (χ4v) is 1.21. The van der Waals surface area contributed by atoms with Crippen LogP contribution < -0.4 is 16.0 Å². The summed E-state index contributed by atoms with van der Waals surface area (Å²) in [6.45, 7) is 0.448. The number of aromatic nitrogens is 1. The summed E-state index contributed by atoms with van der Waals surface area (Å²) in [4.78, 5) is 4.19. The Hall–Kier alpha value is -1.17. The Morgan fingerprint density at radius 1 is 1.57 bits per heavy atom. The van der Waals surface area contributed by atoms with Crippen LogP contribution >= 0.6 is 0 Å². The maximum absolute atomic E-state index is 5.39. The third-order valence-corrected chi connectivity index (χ3v) is 1.88. The number of hydrazine groups is 1. The van der Waals surface area contributed by atoms with E-state index in [4.69, 9.17) is 15.3 Å². The molecule has 14 heavy (non-hydrogen) atoms. The second-order valence-electron chi connectivity index (χ2n) is 2.77. The Balaban J connectivity index is 2.90. The minimum Gasteiger partial charge on any atom is -0.495 e. The molecule has 0 aliphatic heterocycles. The Labute approximate surface area is 83.2 Å². The molecule has 0 aromatic carbocycles. The van der Waals surface area contributed by atoms with E-state index in [1.54, 1.807) is 20.4 Å². The minimum absolute atomic E-state index is 0.156. The van der Waals surface area contributed by atoms with E-state index in [1.165, 1.54) is 0 Å². The summed E-state index contributed by atoms with van der Waals surface area (Å²) in [5.41, 5.74) is 3.38. The topological polar surface area (TPSA) is 69.4 Å². The summed E-state index contributed by atoms with van der Waals surface area (Å²) in [6, 6.07) is 3.49. The summed E-state index contributed by atoms with van der Waals surface area (Å²) in [7, 11) is 3.21. The summed E-state index contributed by atoms with van der Waals surface area (Å²) in [5.74, 6) is 6.09. The molecule has 5 nitrogen and oxygen atoms in total. The number of methoxy groups -OCH3 is 2. The maximum Gasteiger partial charge on any atom is 0.142 e. The fourth-order valence-electron chi connectivity index (χ4n) is 1.21. The van der Waals surface area contributed by atoms with Crippen molar-refractivity contribution >= 4 is 0 Å². The van der Waals surface area contributed by atoms with Crippen molar-refractivity contribution in [3.8, 4) is 5.75 Å². The molecule has 1 unspecified atom stereocenters. The summed E-state index contributed by atoms with van der Waals surface area (Å²) in [5, 5.41) is 0. The number of pyridine rings is 1.